The van der Waals surface area contributed by atoms with Crippen molar-refractivity contribution in [3.8, 4) is 11.3 Å². The highest BCUT2D eigenvalue weighted by Crippen LogP contribution is 2.20. The summed E-state index contributed by atoms with van der Waals surface area (Å²) in [6, 6.07) is 6.71. The lowest BCUT2D eigenvalue weighted by Crippen LogP contribution is -1.98. The summed E-state index contributed by atoms with van der Waals surface area (Å²) in [5, 5.41) is 0. The van der Waals surface area contributed by atoms with E-state index in [9.17, 15) is 4.39 Å². The zero-order chi connectivity index (χ0) is 12.8. The second-order valence-corrected chi connectivity index (χ2v) is 4.32. The minimum atomic E-state index is -0.226. The van der Waals surface area contributed by atoms with Gasteiger partial charge in [-0.15, -0.1) is 0 Å². The number of hydrogen-bond acceptors (Lipinski definition) is 2. The van der Waals surface area contributed by atoms with Crippen LogP contribution in [0.2, 0.25) is 0 Å². The number of nitrogens with two attached hydrogens (primary N) is 1. The second kappa shape index (κ2) is 6.31. The first-order chi connectivity index (χ1) is 8.81. The third-order valence-corrected chi connectivity index (χ3v) is 2.91. The highest BCUT2D eigenvalue weighted by molar-refractivity contribution is 5.59. The molecule has 3 N–H and O–H groups in total. The second-order valence-electron chi connectivity index (χ2n) is 4.32. The lowest BCUT2D eigenvalue weighted by atomic mass is 10.1. The molecule has 0 bridgehead atoms. The summed E-state index contributed by atoms with van der Waals surface area (Å²) in [5.74, 6) is 0.682. The minimum Gasteiger partial charge on any atom is -0.342 e. The predicted molar refractivity (Wildman–Crippen MR) is 70.6 cm³/mol. The molecular formula is C14H18FN3. The molecule has 0 aliphatic heterocycles. The number of benzene rings is 1. The summed E-state index contributed by atoms with van der Waals surface area (Å²) in [7, 11) is 0. The van der Waals surface area contributed by atoms with Crippen molar-refractivity contribution in [1.29, 1.82) is 0 Å². The monoisotopic (exact) mass is 247 g/mol. The molecule has 18 heavy (non-hydrogen) atoms. The number of H-pyrrole nitrogens is 1. The SMILES string of the molecule is NCCCCCc1ncc(-c2ccccc2F)[nH]1. The van der Waals surface area contributed by atoms with Crippen molar-refractivity contribution in [2.45, 2.75) is 25.7 Å². The van der Waals surface area contributed by atoms with Gasteiger partial charge in [-0.3, -0.25) is 0 Å². The zero-order valence-corrected chi connectivity index (χ0v) is 10.3. The summed E-state index contributed by atoms with van der Waals surface area (Å²) >= 11 is 0. The predicted octanol–water partition coefficient (Wildman–Crippen LogP) is 2.89. The quantitative estimate of drug-likeness (QED) is 0.771. The molecule has 1 aromatic carbocycles. The van der Waals surface area contributed by atoms with Gasteiger partial charge < -0.3 is 10.7 Å². The molecule has 0 fully saturated rings. The molecule has 1 aromatic heterocycles. The molecule has 1 heterocycles. The van der Waals surface area contributed by atoms with Gasteiger partial charge in [0.2, 0.25) is 0 Å². The van der Waals surface area contributed by atoms with Gasteiger partial charge in [-0.2, -0.15) is 0 Å². The highest BCUT2D eigenvalue weighted by Gasteiger charge is 2.07. The fourth-order valence-electron chi connectivity index (χ4n) is 1.92. The van der Waals surface area contributed by atoms with Gasteiger partial charge in [0, 0.05) is 12.0 Å². The van der Waals surface area contributed by atoms with E-state index in [1.165, 1.54) is 6.07 Å². The molecule has 4 heteroatoms. The number of hydrogen-bond donors (Lipinski definition) is 2. The van der Waals surface area contributed by atoms with E-state index >= 15 is 0 Å². The summed E-state index contributed by atoms with van der Waals surface area (Å²) in [5.41, 5.74) is 6.75. The fourth-order valence-corrected chi connectivity index (χ4v) is 1.92. The van der Waals surface area contributed by atoms with Crippen LogP contribution in [0.15, 0.2) is 30.5 Å². The van der Waals surface area contributed by atoms with E-state index in [-0.39, 0.29) is 5.82 Å². The van der Waals surface area contributed by atoms with Crippen LogP contribution >= 0.6 is 0 Å². The summed E-state index contributed by atoms with van der Waals surface area (Å²) in [4.78, 5) is 7.44. The van der Waals surface area contributed by atoms with Crippen molar-refractivity contribution >= 4 is 0 Å². The number of nitrogens with zero attached hydrogens (tertiary/aromatic N) is 1. The molecule has 0 atom stereocenters. The van der Waals surface area contributed by atoms with Crippen molar-refractivity contribution in [2.75, 3.05) is 6.54 Å². The number of aryl methyl sites for hydroxylation is 1. The lowest BCUT2D eigenvalue weighted by molar-refractivity contribution is 0.630. The minimum absolute atomic E-state index is 0.226. The summed E-state index contributed by atoms with van der Waals surface area (Å²) in [6.07, 6.45) is 5.78. The van der Waals surface area contributed by atoms with E-state index in [1.54, 1.807) is 18.3 Å². The van der Waals surface area contributed by atoms with E-state index in [0.29, 0.717) is 5.56 Å². The maximum atomic E-state index is 13.6. The number of aromatic nitrogens is 2. The third-order valence-electron chi connectivity index (χ3n) is 2.91. The van der Waals surface area contributed by atoms with Crippen LogP contribution in [0.1, 0.15) is 25.1 Å². The Kier molecular flexibility index (Phi) is 4.47. The average molecular weight is 247 g/mol. The average Bonchev–Trinajstić information content (AvgIpc) is 2.84. The summed E-state index contributed by atoms with van der Waals surface area (Å²) < 4.78 is 13.6. The van der Waals surface area contributed by atoms with E-state index in [0.717, 1.165) is 43.7 Å². The van der Waals surface area contributed by atoms with Crippen LogP contribution < -0.4 is 5.73 Å². The normalized spacial score (nSPS) is 10.8. The van der Waals surface area contributed by atoms with Gasteiger partial charge in [-0.05, 0) is 31.5 Å². The van der Waals surface area contributed by atoms with Crippen molar-refractivity contribution in [3.05, 3.63) is 42.1 Å². The Morgan fingerprint density at radius 2 is 2.00 bits per heavy atom. The standard InChI is InChI=1S/C14H18FN3/c15-12-7-4-3-6-11(12)13-10-17-14(18-13)8-2-1-5-9-16/h3-4,6-7,10H,1-2,5,8-9,16H2,(H,17,18). The Morgan fingerprint density at radius 1 is 1.17 bits per heavy atom. The zero-order valence-electron chi connectivity index (χ0n) is 10.3. The first-order valence-electron chi connectivity index (χ1n) is 6.30. The van der Waals surface area contributed by atoms with Gasteiger partial charge in [0.1, 0.15) is 11.6 Å². The Hall–Kier alpha value is -1.68. The molecule has 0 spiro atoms. The third kappa shape index (κ3) is 3.17. The van der Waals surface area contributed by atoms with Crippen LogP contribution in [0.5, 0.6) is 0 Å². The molecule has 3 nitrogen and oxygen atoms in total. The van der Waals surface area contributed by atoms with Crippen LogP contribution in [0, 0.1) is 5.82 Å². The number of rotatable bonds is 6. The van der Waals surface area contributed by atoms with Crippen LogP contribution in [-0.4, -0.2) is 16.5 Å². The van der Waals surface area contributed by atoms with E-state index < -0.39 is 0 Å². The largest absolute Gasteiger partial charge is 0.342 e. The molecule has 0 saturated carbocycles. The molecule has 0 amide bonds. The molecule has 0 aliphatic carbocycles. The first-order valence-corrected chi connectivity index (χ1v) is 6.30. The Balaban J connectivity index is 2.00. The number of nitrogens with one attached hydrogen (secondary N) is 1. The number of aromatic amines is 1. The topological polar surface area (TPSA) is 54.7 Å². The lowest BCUT2D eigenvalue weighted by Gasteiger charge is -1.99. The van der Waals surface area contributed by atoms with Gasteiger partial charge in [-0.1, -0.05) is 18.6 Å². The van der Waals surface area contributed by atoms with E-state index in [2.05, 4.69) is 9.97 Å². The van der Waals surface area contributed by atoms with Gasteiger partial charge in [0.25, 0.3) is 0 Å². The number of imidazole rings is 1. The number of unbranched alkanes of at least 4 members (excludes halogenated alkanes) is 2. The molecular weight excluding hydrogens is 229 g/mol. The van der Waals surface area contributed by atoms with Crippen LogP contribution in [-0.2, 0) is 6.42 Å². The van der Waals surface area contributed by atoms with Gasteiger partial charge in [0.15, 0.2) is 0 Å². The number of halogens is 1. The fraction of sp³-hybridized carbons (Fsp3) is 0.357. The van der Waals surface area contributed by atoms with Crippen molar-refractivity contribution in [1.82, 2.24) is 9.97 Å². The summed E-state index contributed by atoms with van der Waals surface area (Å²) in [6.45, 7) is 0.735. The van der Waals surface area contributed by atoms with Gasteiger partial charge in [-0.25, -0.2) is 9.37 Å². The highest BCUT2D eigenvalue weighted by atomic mass is 19.1. The van der Waals surface area contributed by atoms with Crippen molar-refractivity contribution in [2.24, 2.45) is 5.73 Å². The molecule has 0 aliphatic rings. The molecule has 0 saturated heterocycles. The van der Waals surface area contributed by atoms with Crippen LogP contribution in [0.25, 0.3) is 11.3 Å². The molecule has 2 aromatic rings. The Bertz CT molecular complexity index is 493. The smallest absolute Gasteiger partial charge is 0.132 e. The Labute approximate surface area is 106 Å². The van der Waals surface area contributed by atoms with E-state index in [1.807, 2.05) is 6.07 Å². The van der Waals surface area contributed by atoms with Gasteiger partial charge >= 0.3 is 0 Å². The maximum absolute atomic E-state index is 13.6. The van der Waals surface area contributed by atoms with E-state index in [4.69, 9.17) is 5.73 Å². The molecule has 2 rings (SSSR count). The van der Waals surface area contributed by atoms with Crippen LogP contribution in [0.3, 0.4) is 0 Å². The molecule has 0 radical (unpaired) electrons. The molecule has 0 unspecified atom stereocenters. The maximum Gasteiger partial charge on any atom is 0.132 e. The molecule has 96 valence electrons. The first kappa shape index (κ1) is 12.8. The van der Waals surface area contributed by atoms with Crippen molar-refractivity contribution < 1.29 is 4.39 Å². The van der Waals surface area contributed by atoms with Crippen molar-refractivity contribution in [3.63, 3.8) is 0 Å². The van der Waals surface area contributed by atoms with Crippen LogP contribution in [0.4, 0.5) is 4.39 Å². The van der Waals surface area contributed by atoms with Gasteiger partial charge in [0.05, 0.1) is 11.9 Å². The Morgan fingerprint density at radius 3 is 2.78 bits per heavy atom.